The van der Waals surface area contributed by atoms with Gasteiger partial charge in [-0.05, 0) is 56.3 Å². The molecule has 1 aromatic carbocycles. The van der Waals surface area contributed by atoms with Crippen LogP contribution < -0.4 is 10.6 Å². The number of fused-ring (bicyclic) bond motifs is 1. The van der Waals surface area contributed by atoms with Crippen LogP contribution in [-0.4, -0.2) is 62.6 Å². The maximum Gasteiger partial charge on any atom is 0.256 e. The minimum absolute atomic E-state index is 0.108. The zero-order valence-corrected chi connectivity index (χ0v) is 22.8. The molecular formula is C28H31N7O2S. The van der Waals surface area contributed by atoms with Crippen molar-refractivity contribution in [2.24, 2.45) is 0 Å². The molecule has 0 radical (unpaired) electrons. The molecule has 196 valence electrons. The van der Waals surface area contributed by atoms with Crippen LogP contribution in [-0.2, 0) is 4.79 Å². The van der Waals surface area contributed by atoms with Gasteiger partial charge in [-0.1, -0.05) is 19.9 Å². The third-order valence-corrected chi connectivity index (χ3v) is 7.55. The molecule has 0 unspecified atom stereocenters. The Kier molecular flexibility index (Phi) is 7.26. The predicted molar refractivity (Wildman–Crippen MR) is 152 cm³/mol. The molecule has 0 fully saturated rings. The van der Waals surface area contributed by atoms with E-state index in [-0.39, 0.29) is 11.8 Å². The topological polar surface area (TPSA) is 108 Å². The van der Waals surface area contributed by atoms with Crippen LogP contribution in [0.5, 0.6) is 0 Å². The molecule has 38 heavy (non-hydrogen) atoms. The lowest BCUT2D eigenvalue weighted by atomic mass is 10.00. The number of nitrogens with one attached hydrogen (secondary N) is 3. The lowest BCUT2D eigenvalue weighted by molar-refractivity contribution is -0.110. The standard InChI is InChI=1S/C28H31N7O2S/c1-5-34(6-2)10-9-29-28(37)26-17(3)24(32-18(26)4)12-22-21-11-19(7-8-23(21)33-27(22)36)20-13-31-35(14-20)25-15-38-16-30-25/h7-8,11-16,32H,5-6,9-10H2,1-4H3,(H,29,37)(H,33,36)/b22-12-. The van der Waals surface area contributed by atoms with E-state index >= 15 is 0 Å². The van der Waals surface area contributed by atoms with E-state index < -0.39 is 0 Å². The average molecular weight is 530 g/mol. The molecule has 0 saturated heterocycles. The number of benzene rings is 1. The number of aromatic amines is 1. The predicted octanol–water partition coefficient (Wildman–Crippen LogP) is 4.51. The summed E-state index contributed by atoms with van der Waals surface area (Å²) in [5, 5.41) is 12.4. The number of amides is 2. The fraction of sp³-hybridized carbons (Fsp3) is 0.286. The van der Waals surface area contributed by atoms with Gasteiger partial charge in [0.1, 0.15) is 0 Å². The van der Waals surface area contributed by atoms with Crippen LogP contribution in [0.15, 0.2) is 41.5 Å². The van der Waals surface area contributed by atoms with Crippen LogP contribution in [0.2, 0.25) is 0 Å². The number of thiazole rings is 1. The fourth-order valence-corrected chi connectivity index (χ4v) is 5.31. The van der Waals surface area contributed by atoms with Crippen molar-refractivity contribution in [3.05, 3.63) is 69.6 Å². The lowest BCUT2D eigenvalue weighted by Crippen LogP contribution is -2.35. The van der Waals surface area contributed by atoms with Gasteiger partial charge < -0.3 is 20.5 Å². The number of carbonyl (C=O) groups excluding carboxylic acids is 2. The Morgan fingerprint density at radius 1 is 1.21 bits per heavy atom. The molecule has 4 aromatic rings. The first-order valence-electron chi connectivity index (χ1n) is 12.7. The molecule has 0 spiro atoms. The molecule has 4 heterocycles. The van der Waals surface area contributed by atoms with E-state index in [1.54, 1.807) is 16.4 Å². The van der Waals surface area contributed by atoms with E-state index in [1.807, 2.05) is 49.7 Å². The van der Waals surface area contributed by atoms with E-state index in [9.17, 15) is 9.59 Å². The summed E-state index contributed by atoms with van der Waals surface area (Å²) in [7, 11) is 0. The van der Waals surface area contributed by atoms with Crippen molar-refractivity contribution in [2.45, 2.75) is 27.7 Å². The van der Waals surface area contributed by atoms with Crippen molar-refractivity contribution in [3.63, 3.8) is 0 Å². The molecule has 0 atom stereocenters. The Labute approximate surface area is 225 Å². The number of anilines is 1. The van der Waals surface area contributed by atoms with Gasteiger partial charge in [0.05, 0.1) is 22.8 Å². The number of aromatic nitrogens is 4. The molecule has 0 bridgehead atoms. The van der Waals surface area contributed by atoms with Gasteiger partial charge in [-0.2, -0.15) is 5.10 Å². The second-order valence-electron chi connectivity index (χ2n) is 9.24. The van der Waals surface area contributed by atoms with Crippen molar-refractivity contribution in [3.8, 4) is 16.9 Å². The van der Waals surface area contributed by atoms with Gasteiger partial charge >= 0.3 is 0 Å². The fourth-order valence-electron chi connectivity index (χ4n) is 4.79. The monoisotopic (exact) mass is 529 g/mol. The Morgan fingerprint density at radius 2 is 2.03 bits per heavy atom. The average Bonchev–Trinajstić information content (AvgIpc) is 3.70. The number of hydrogen-bond acceptors (Lipinski definition) is 6. The third-order valence-electron chi connectivity index (χ3n) is 6.97. The molecule has 0 saturated carbocycles. The van der Waals surface area contributed by atoms with Gasteiger partial charge in [-0.25, -0.2) is 9.67 Å². The van der Waals surface area contributed by atoms with Crippen molar-refractivity contribution >= 4 is 40.5 Å². The minimum atomic E-state index is -0.174. The van der Waals surface area contributed by atoms with E-state index in [4.69, 9.17) is 0 Å². The summed E-state index contributed by atoms with van der Waals surface area (Å²) < 4.78 is 1.74. The van der Waals surface area contributed by atoms with Gasteiger partial charge in [-0.15, -0.1) is 11.3 Å². The Morgan fingerprint density at radius 3 is 2.76 bits per heavy atom. The first-order valence-corrected chi connectivity index (χ1v) is 13.6. The number of likely N-dealkylation sites (N-methyl/N-ethyl adjacent to an activating group) is 1. The highest BCUT2D eigenvalue weighted by Crippen LogP contribution is 2.37. The Hall–Kier alpha value is -4.02. The number of aryl methyl sites for hydroxylation is 1. The largest absolute Gasteiger partial charge is 0.358 e. The number of carbonyl (C=O) groups is 2. The van der Waals surface area contributed by atoms with Crippen molar-refractivity contribution in [1.29, 1.82) is 0 Å². The quantitative estimate of drug-likeness (QED) is 0.277. The maximum absolute atomic E-state index is 13.0. The van der Waals surface area contributed by atoms with Crippen LogP contribution in [0, 0.1) is 13.8 Å². The van der Waals surface area contributed by atoms with Gasteiger partial charge in [0.2, 0.25) is 0 Å². The highest BCUT2D eigenvalue weighted by molar-refractivity contribution is 7.07. The van der Waals surface area contributed by atoms with Crippen LogP contribution in [0.25, 0.3) is 28.6 Å². The molecule has 10 heteroatoms. The normalized spacial score (nSPS) is 13.8. The Balaban J connectivity index is 1.41. The van der Waals surface area contributed by atoms with Crippen molar-refractivity contribution in [1.82, 2.24) is 30.0 Å². The molecule has 1 aliphatic rings. The third kappa shape index (κ3) is 4.92. The summed E-state index contributed by atoms with van der Waals surface area (Å²) in [4.78, 5) is 35.8. The lowest BCUT2D eigenvalue weighted by Gasteiger charge is -2.18. The number of rotatable bonds is 9. The summed E-state index contributed by atoms with van der Waals surface area (Å²) in [6, 6.07) is 5.87. The molecule has 2 amide bonds. The number of hydrogen-bond donors (Lipinski definition) is 3. The maximum atomic E-state index is 13.0. The van der Waals surface area contributed by atoms with Crippen molar-refractivity contribution < 1.29 is 9.59 Å². The SMILES string of the molecule is CCN(CC)CCNC(=O)c1c(C)[nH]c(/C=C2\C(=O)Nc3ccc(-c4cnn(-c5cscn5)c4)cc32)c1C. The molecule has 1 aliphatic heterocycles. The molecule has 0 aliphatic carbocycles. The molecule has 9 nitrogen and oxygen atoms in total. The summed E-state index contributed by atoms with van der Waals surface area (Å²) in [6.45, 7) is 11.3. The highest BCUT2D eigenvalue weighted by atomic mass is 32.1. The molecule has 5 rings (SSSR count). The smallest absolute Gasteiger partial charge is 0.256 e. The summed E-state index contributed by atoms with van der Waals surface area (Å²) in [5.74, 6) is 0.487. The van der Waals surface area contributed by atoms with Gasteiger partial charge in [0.15, 0.2) is 5.82 Å². The first kappa shape index (κ1) is 25.6. The van der Waals surface area contributed by atoms with Crippen LogP contribution in [0.4, 0.5) is 5.69 Å². The molecular weight excluding hydrogens is 498 g/mol. The van der Waals surface area contributed by atoms with E-state index in [1.165, 1.54) is 11.3 Å². The minimum Gasteiger partial charge on any atom is -0.358 e. The zero-order chi connectivity index (χ0) is 26.8. The summed E-state index contributed by atoms with van der Waals surface area (Å²) in [5.41, 5.74) is 8.72. The summed E-state index contributed by atoms with van der Waals surface area (Å²) in [6.07, 6.45) is 5.55. The zero-order valence-electron chi connectivity index (χ0n) is 22.0. The molecule has 3 aromatic heterocycles. The second-order valence-corrected chi connectivity index (χ2v) is 9.96. The van der Waals surface area contributed by atoms with Crippen molar-refractivity contribution in [2.75, 3.05) is 31.5 Å². The highest BCUT2D eigenvalue weighted by Gasteiger charge is 2.26. The summed E-state index contributed by atoms with van der Waals surface area (Å²) >= 11 is 1.51. The second kappa shape index (κ2) is 10.8. The van der Waals surface area contributed by atoms with Gasteiger partial charge in [-0.3, -0.25) is 9.59 Å². The van der Waals surface area contributed by atoms with Gasteiger partial charge in [0, 0.05) is 52.9 Å². The number of H-pyrrole nitrogens is 1. The Bertz CT molecular complexity index is 1510. The van der Waals surface area contributed by atoms with E-state index in [0.717, 1.165) is 64.8 Å². The van der Waals surface area contributed by atoms with Crippen LogP contribution in [0.1, 0.15) is 46.7 Å². The first-order chi connectivity index (χ1) is 18.4. The number of nitrogens with zero attached hydrogens (tertiary/aromatic N) is 4. The molecule has 3 N–H and O–H groups in total. The van der Waals surface area contributed by atoms with E-state index in [2.05, 4.69) is 44.4 Å². The van der Waals surface area contributed by atoms with Gasteiger partial charge in [0.25, 0.3) is 11.8 Å². The van der Waals surface area contributed by atoms with Crippen LogP contribution >= 0.6 is 11.3 Å². The van der Waals surface area contributed by atoms with E-state index in [0.29, 0.717) is 17.7 Å². The van der Waals surface area contributed by atoms with Crippen LogP contribution in [0.3, 0.4) is 0 Å².